The Bertz CT molecular complexity index is 372. The Morgan fingerprint density at radius 2 is 1.06 bits per heavy atom. The summed E-state index contributed by atoms with van der Waals surface area (Å²) in [7, 11) is 0. The lowest BCUT2D eigenvalue weighted by Gasteiger charge is -2.23. The van der Waals surface area contributed by atoms with E-state index in [4.69, 9.17) is 0 Å². The van der Waals surface area contributed by atoms with Crippen LogP contribution in [0.2, 0.25) is 0 Å². The van der Waals surface area contributed by atoms with Gasteiger partial charge in [0.2, 0.25) is 5.91 Å². The SMILES string of the molecule is CCCCCCCCCCN(CCCCCCCCCC)C(=O)CCCCC(S)CCS. The summed E-state index contributed by atoms with van der Waals surface area (Å²) < 4.78 is 0. The second-order valence-corrected chi connectivity index (χ2v) is 10.9. The summed E-state index contributed by atoms with van der Waals surface area (Å²) in [6, 6.07) is 0. The molecule has 0 heterocycles. The van der Waals surface area contributed by atoms with E-state index in [-0.39, 0.29) is 0 Å². The van der Waals surface area contributed by atoms with Gasteiger partial charge in [-0.1, -0.05) is 110 Å². The monoisotopic (exact) mass is 487 g/mol. The molecule has 0 aromatic heterocycles. The zero-order valence-corrected chi connectivity index (χ0v) is 23.6. The van der Waals surface area contributed by atoms with Crippen LogP contribution < -0.4 is 0 Å². The maximum absolute atomic E-state index is 12.9. The van der Waals surface area contributed by atoms with Gasteiger partial charge in [0.1, 0.15) is 0 Å². The van der Waals surface area contributed by atoms with Gasteiger partial charge in [0.15, 0.2) is 0 Å². The molecule has 0 aromatic rings. The van der Waals surface area contributed by atoms with Gasteiger partial charge >= 0.3 is 0 Å². The summed E-state index contributed by atoms with van der Waals surface area (Å²) in [6.07, 6.45) is 26.2. The minimum atomic E-state index is 0.390. The smallest absolute Gasteiger partial charge is 0.222 e. The van der Waals surface area contributed by atoms with E-state index < -0.39 is 0 Å². The minimum Gasteiger partial charge on any atom is -0.343 e. The quantitative estimate of drug-likeness (QED) is 0.0970. The Labute approximate surface area is 213 Å². The van der Waals surface area contributed by atoms with Crippen LogP contribution in [-0.4, -0.2) is 34.9 Å². The molecule has 0 saturated carbocycles. The Hall–Kier alpha value is 0.170. The van der Waals surface area contributed by atoms with Gasteiger partial charge < -0.3 is 4.90 Å². The normalized spacial score (nSPS) is 12.2. The van der Waals surface area contributed by atoms with Gasteiger partial charge in [-0.15, -0.1) is 0 Å². The summed E-state index contributed by atoms with van der Waals surface area (Å²) in [6.45, 7) is 6.49. The zero-order valence-electron chi connectivity index (χ0n) is 21.8. The van der Waals surface area contributed by atoms with Crippen LogP contribution in [0.4, 0.5) is 0 Å². The zero-order chi connectivity index (χ0) is 23.7. The number of carbonyl (C=O) groups excluding carboxylic acids is 1. The van der Waals surface area contributed by atoms with Crippen molar-refractivity contribution in [2.45, 2.75) is 154 Å². The molecule has 0 aliphatic carbocycles. The highest BCUT2D eigenvalue weighted by molar-refractivity contribution is 7.81. The molecule has 1 unspecified atom stereocenters. The lowest BCUT2D eigenvalue weighted by atomic mass is 10.1. The third-order valence-corrected chi connectivity index (χ3v) is 7.33. The Morgan fingerprint density at radius 3 is 1.50 bits per heavy atom. The van der Waals surface area contributed by atoms with Crippen molar-refractivity contribution < 1.29 is 4.79 Å². The molecular formula is C28H57NOS2. The molecule has 2 nitrogen and oxygen atoms in total. The molecule has 0 N–H and O–H groups in total. The van der Waals surface area contributed by atoms with E-state index in [1.807, 2.05) is 0 Å². The molecule has 0 aliphatic heterocycles. The summed E-state index contributed by atoms with van der Waals surface area (Å²) in [5.41, 5.74) is 0. The van der Waals surface area contributed by atoms with E-state index in [1.165, 1.54) is 103 Å². The van der Waals surface area contributed by atoms with Crippen LogP contribution in [0.15, 0.2) is 0 Å². The highest BCUT2D eigenvalue weighted by Gasteiger charge is 2.13. The molecule has 0 spiro atoms. The number of hydrogen-bond acceptors (Lipinski definition) is 3. The topological polar surface area (TPSA) is 20.3 Å². The molecule has 4 heteroatoms. The second-order valence-electron chi connectivity index (χ2n) is 9.74. The standard InChI is InChI=1S/C28H57NOS2/c1-3-5-7-9-11-13-15-19-24-29(25-20-16-14-12-10-8-6-4-2)28(30)22-18-17-21-27(32)23-26-31/h27,31-32H,3-26H2,1-2H3. The fourth-order valence-corrected chi connectivity index (χ4v) is 5.17. The van der Waals surface area contributed by atoms with Crippen LogP contribution in [0.5, 0.6) is 0 Å². The number of amides is 1. The molecule has 1 amide bonds. The average molecular weight is 488 g/mol. The molecule has 0 fully saturated rings. The Kier molecular flexibility index (Phi) is 25.9. The highest BCUT2D eigenvalue weighted by Crippen LogP contribution is 2.15. The number of unbranched alkanes of at least 4 members (excludes halogenated alkanes) is 15. The van der Waals surface area contributed by atoms with Crippen LogP contribution >= 0.6 is 25.3 Å². The number of carbonyl (C=O) groups is 1. The van der Waals surface area contributed by atoms with Crippen molar-refractivity contribution in [2.75, 3.05) is 18.8 Å². The van der Waals surface area contributed by atoms with Gasteiger partial charge in [-0.3, -0.25) is 4.79 Å². The van der Waals surface area contributed by atoms with Crippen molar-refractivity contribution in [3.63, 3.8) is 0 Å². The van der Waals surface area contributed by atoms with Gasteiger partial charge in [-0.2, -0.15) is 25.3 Å². The van der Waals surface area contributed by atoms with Gasteiger partial charge in [0.05, 0.1) is 0 Å². The Balaban J connectivity index is 4.12. The van der Waals surface area contributed by atoms with Gasteiger partial charge in [-0.05, 0) is 37.9 Å². The summed E-state index contributed by atoms with van der Waals surface area (Å²) in [5.74, 6) is 1.29. The van der Waals surface area contributed by atoms with E-state index in [2.05, 4.69) is 44.0 Å². The Morgan fingerprint density at radius 1 is 0.625 bits per heavy atom. The molecule has 1 atom stereocenters. The molecule has 0 bridgehead atoms. The predicted molar refractivity (Wildman–Crippen MR) is 152 cm³/mol. The van der Waals surface area contributed by atoms with E-state index in [1.54, 1.807) is 0 Å². The van der Waals surface area contributed by atoms with Crippen LogP contribution in [0.3, 0.4) is 0 Å². The first-order chi connectivity index (χ1) is 15.7. The predicted octanol–water partition coefficient (Wildman–Crippen LogP) is 9.28. The van der Waals surface area contributed by atoms with Crippen LogP contribution in [0.25, 0.3) is 0 Å². The first-order valence-corrected chi connectivity index (χ1v) is 15.4. The van der Waals surface area contributed by atoms with E-state index >= 15 is 0 Å². The minimum absolute atomic E-state index is 0.390. The third-order valence-electron chi connectivity index (χ3n) is 6.56. The molecule has 32 heavy (non-hydrogen) atoms. The lowest BCUT2D eigenvalue weighted by molar-refractivity contribution is -0.131. The summed E-state index contributed by atoms with van der Waals surface area (Å²) in [4.78, 5) is 15.1. The fourth-order valence-electron chi connectivity index (χ4n) is 4.34. The van der Waals surface area contributed by atoms with Crippen molar-refractivity contribution in [2.24, 2.45) is 0 Å². The first-order valence-electron chi connectivity index (χ1n) is 14.2. The third kappa shape index (κ3) is 22.0. The van der Waals surface area contributed by atoms with Crippen molar-refractivity contribution in [1.82, 2.24) is 4.90 Å². The number of nitrogens with zero attached hydrogens (tertiary/aromatic N) is 1. The van der Waals surface area contributed by atoms with E-state index in [0.29, 0.717) is 11.2 Å². The molecule has 0 saturated heterocycles. The molecule has 192 valence electrons. The van der Waals surface area contributed by atoms with E-state index in [9.17, 15) is 4.79 Å². The first kappa shape index (κ1) is 32.2. The van der Waals surface area contributed by atoms with Crippen molar-refractivity contribution in [3.8, 4) is 0 Å². The van der Waals surface area contributed by atoms with Gasteiger partial charge in [0, 0.05) is 24.8 Å². The molecule has 0 aliphatic rings. The lowest BCUT2D eigenvalue weighted by Crippen LogP contribution is -2.32. The second kappa shape index (κ2) is 25.8. The van der Waals surface area contributed by atoms with Gasteiger partial charge in [0.25, 0.3) is 0 Å². The maximum Gasteiger partial charge on any atom is 0.222 e. The number of thiol groups is 2. The molecular weight excluding hydrogens is 430 g/mol. The van der Waals surface area contributed by atoms with Crippen LogP contribution in [-0.2, 0) is 4.79 Å². The van der Waals surface area contributed by atoms with Crippen molar-refractivity contribution in [3.05, 3.63) is 0 Å². The average Bonchev–Trinajstić information content (AvgIpc) is 2.78. The molecule has 0 rings (SSSR count). The van der Waals surface area contributed by atoms with Crippen LogP contribution in [0.1, 0.15) is 149 Å². The fraction of sp³-hybridized carbons (Fsp3) is 0.964. The van der Waals surface area contributed by atoms with E-state index in [0.717, 1.165) is 50.9 Å². The maximum atomic E-state index is 12.9. The molecule has 0 aromatic carbocycles. The number of hydrogen-bond donors (Lipinski definition) is 2. The summed E-state index contributed by atoms with van der Waals surface area (Å²) in [5, 5.41) is 0.438. The summed E-state index contributed by atoms with van der Waals surface area (Å²) >= 11 is 8.91. The van der Waals surface area contributed by atoms with Crippen molar-refractivity contribution >= 4 is 31.2 Å². The highest BCUT2D eigenvalue weighted by atomic mass is 32.1. The van der Waals surface area contributed by atoms with Gasteiger partial charge in [-0.25, -0.2) is 0 Å². The van der Waals surface area contributed by atoms with Crippen molar-refractivity contribution in [1.29, 1.82) is 0 Å². The largest absolute Gasteiger partial charge is 0.343 e. The molecule has 0 radical (unpaired) electrons. The number of rotatable bonds is 25. The van der Waals surface area contributed by atoms with Crippen LogP contribution in [0, 0.1) is 0 Å².